The van der Waals surface area contributed by atoms with E-state index in [2.05, 4.69) is 27.5 Å². The van der Waals surface area contributed by atoms with E-state index in [1.165, 1.54) is 0 Å². The van der Waals surface area contributed by atoms with Crippen molar-refractivity contribution >= 4 is 17.5 Å². The molecule has 0 fully saturated rings. The topological polar surface area (TPSA) is 59.1 Å². The minimum absolute atomic E-state index is 0.125. The van der Waals surface area contributed by atoms with Gasteiger partial charge in [0.1, 0.15) is 11.6 Å². The van der Waals surface area contributed by atoms with E-state index in [-0.39, 0.29) is 6.10 Å². The zero-order valence-corrected chi connectivity index (χ0v) is 12.8. The average molecular weight is 286 g/mol. The molecule has 2 N–H and O–H groups in total. The Labute approximate surface area is 125 Å². The summed E-state index contributed by atoms with van der Waals surface area (Å²) in [6.07, 6.45) is 2.89. The van der Waals surface area contributed by atoms with Gasteiger partial charge in [0.15, 0.2) is 0 Å². The van der Waals surface area contributed by atoms with Crippen LogP contribution in [0.25, 0.3) is 0 Å². The first-order valence-electron chi connectivity index (χ1n) is 7.28. The second-order valence-corrected chi connectivity index (χ2v) is 4.98. The second-order valence-electron chi connectivity index (χ2n) is 4.98. The van der Waals surface area contributed by atoms with E-state index < -0.39 is 0 Å². The Morgan fingerprint density at radius 3 is 2.76 bits per heavy atom. The fourth-order valence-electron chi connectivity index (χ4n) is 1.81. The van der Waals surface area contributed by atoms with E-state index in [1.54, 1.807) is 6.20 Å². The lowest BCUT2D eigenvalue weighted by Crippen LogP contribution is -2.08. The van der Waals surface area contributed by atoms with Crippen LogP contribution < -0.4 is 15.4 Å². The van der Waals surface area contributed by atoms with E-state index in [9.17, 15) is 0 Å². The molecular weight excluding hydrogens is 264 g/mol. The Hall–Kier alpha value is -2.30. The van der Waals surface area contributed by atoms with Crippen molar-refractivity contribution in [3.05, 3.63) is 36.5 Å². The summed E-state index contributed by atoms with van der Waals surface area (Å²) >= 11 is 0. The van der Waals surface area contributed by atoms with Crippen LogP contribution in [0.15, 0.2) is 36.5 Å². The van der Waals surface area contributed by atoms with Crippen LogP contribution in [0.5, 0.6) is 5.75 Å². The second kappa shape index (κ2) is 7.47. The summed E-state index contributed by atoms with van der Waals surface area (Å²) in [4.78, 5) is 8.63. The zero-order chi connectivity index (χ0) is 15.1. The molecule has 1 aromatic carbocycles. The molecular formula is C16H22N4O. The summed E-state index contributed by atoms with van der Waals surface area (Å²) in [5.41, 5.74) is 0.895. The first kappa shape index (κ1) is 15.1. The van der Waals surface area contributed by atoms with Crippen molar-refractivity contribution in [2.24, 2.45) is 0 Å². The third-order valence-electron chi connectivity index (χ3n) is 2.70. The van der Waals surface area contributed by atoms with E-state index >= 15 is 0 Å². The minimum Gasteiger partial charge on any atom is -0.489 e. The molecule has 0 amide bonds. The van der Waals surface area contributed by atoms with Crippen LogP contribution in [0.1, 0.15) is 27.2 Å². The van der Waals surface area contributed by atoms with Gasteiger partial charge in [0.25, 0.3) is 0 Å². The van der Waals surface area contributed by atoms with Crippen molar-refractivity contribution < 1.29 is 4.74 Å². The van der Waals surface area contributed by atoms with Gasteiger partial charge in [0, 0.05) is 12.7 Å². The van der Waals surface area contributed by atoms with E-state index in [0.29, 0.717) is 5.95 Å². The Morgan fingerprint density at radius 1 is 1.19 bits per heavy atom. The summed E-state index contributed by atoms with van der Waals surface area (Å²) in [6.45, 7) is 6.98. The van der Waals surface area contributed by atoms with Gasteiger partial charge in [0.05, 0.1) is 11.8 Å². The highest BCUT2D eigenvalue weighted by atomic mass is 16.5. The molecule has 0 bridgehead atoms. The molecule has 0 spiro atoms. The quantitative estimate of drug-likeness (QED) is 0.810. The first-order chi connectivity index (χ1) is 10.2. The van der Waals surface area contributed by atoms with Gasteiger partial charge in [-0.3, -0.25) is 0 Å². The number of nitrogens with zero attached hydrogens (tertiary/aromatic N) is 2. The summed E-state index contributed by atoms with van der Waals surface area (Å²) in [5, 5.41) is 6.45. The van der Waals surface area contributed by atoms with Gasteiger partial charge in [-0.05, 0) is 38.5 Å². The van der Waals surface area contributed by atoms with Gasteiger partial charge in [0.2, 0.25) is 5.95 Å². The molecule has 0 aliphatic heterocycles. The predicted octanol–water partition coefficient (Wildman–Crippen LogP) is 3.83. The van der Waals surface area contributed by atoms with Gasteiger partial charge in [-0.2, -0.15) is 4.98 Å². The first-order valence-corrected chi connectivity index (χ1v) is 7.28. The monoisotopic (exact) mass is 286 g/mol. The number of benzene rings is 1. The van der Waals surface area contributed by atoms with Gasteiger partial charge in [-0.1, -0.05) is 19.1 Å². The molecule has 2 aromatic rings. The molecule has 21 heavy (non-hydrogen) atoms. The van der Waals surface area contributed by atoms with Gasteiger partial charge < -0.3 is 15.4 Å². The smallest absolute Gasteiger partial charge is 0.224 e. The standard InChI is InChI=1S/C16H22N4O/c1-4-10-17-16-18-11-9-15(20-16)19-13-7-5-6-8-14(13)21-12(2)3/h5-9,11-12H,4,10H2,1-3H3,(H2,17,18,19,20). The minimum atomic E-state index is 0.125. The molecule has 2 rings (SSSR count). The molecule has 0 unspecified atom stereocenters. The Kier molecular flexibility index (Phi) is 5.37. The van der Waals surface area contributed by atoms with Crippen molar-refractivity contribution in [1.29, 1.82) is 0 Å². The molecule has 5 nitrogen and oxygen atoms in total. The number of hydrogen-bond acceptors (Lipinski definition) is 5. The number of aromatic nitrogens is 2. The zero-order valence-electron chi connectivity index (χ0n) is 12.8. The molecule has 5 heteroatoms. The highest BCUT2D eigenvalue weighted by Crippen LogP contribution is 2.27. The number of rotatable bonds is 7. The molecule has 0 aliphatic rings. The summed E-state index contributed by atoms with van der Waals surface area (Å²) in [5.74, 6) is 2.18. The molecule has 0 radical (unpaired) electrons. The maximum Gasteiger partial charge on any atom is 0.224 e. The van der Waals surface area contributed by atoms with E-state index in [0.717, 1.165) is 30.2 Å². The average Bonchev–Trinajstić information content (AvgIpc) is 2.47. The number of ether oxygens (including phenoxy) is 1. The number of para-hydroxylation sites is 2. The van der Waals surface area contributed by atoms with Gasteiger partial charge in [-0.15, -0.1) is 0 Å². The van der Waals surface area contributed by atoms with Crippen LogP contribution in [-0.4, -0.2) is 22.6 Å². The molecule has 0 atom stereocenters. The van der Waals surface area contributed by atoms with Crippen molar-refractivity contribution in [3.63, 3.8) is 0 Å². The number of hydrogen-bond donors (Lipinski definition) is 2. The van der Waals surface area contributed by atoms with Gasteiger partial charge in [-0.25, -0.2) is 4.98 Å². The van der Waals surface area contributed by atoms with Crippen molar-refractivity contribution in [2.45, 2.75) is 33.3 Å². The highest BCUT2D eigenvalue weighted by Gasteiger charge is 2.06. The third kappa shape index (κ3) is 4.63. The lowest BCUT2D eigenvalue weighted by atomic mass is 10.3. The Bertz CT molecular complexity index is 572. The summed E-state index contributed by atoms with van der Waals surface area (Å²) in [6, 6.07) is 9.67. The normalized spacial score (nSPS) is 10.5. The highest BCUT2D eigenvalue weighted by molar-refractivity contribution is 5.64. The lowest BCUT2D eigenvalue weighted by Gasteiger charge is -2.15. The van der Waals surface area contributed by atoms with Crippen molar-refractivity contribution in [3.8, 4) is 5.75 Å². The molecule has 0 aliphatic carbocycles. The number of nitrogens with one attached hydrogen (secondary N) is 2. The third-order valence-corrected chi connectivity index (χ3v) is 2.70. The molecule has 1 aromatic heterocycles. The van der Waals surface area contributed by atoms with E-state index in [1.807, 2.05) is 44.2 Å². The molecule has 112 valence electrons. The summed E-state index contributed by atoms with van der Waals surface area (Å²) < 4.78 is 5.79. The predicted molar refractivity (Wildman–Crippen MR) is 86.3 cm³/mol. The Balaban J connectivity index is 2.14. The molecule has 0 saturated heterocycles. The van der Waals surface area contributed by atoms with Crippen LogP contribution in [-0.2, 0) is 0 Å². The molecule has 1 heterocycles. The maximum atomic E-state index is 5.79. The fraction of sp³-hybridized carbons (Fsp3) is 0.375. The van der Waals surface area contributed by atoms with Crippen LogP contribution >= 0.6 is 0 Å². The maximum absolute atomic E-state index is 5.79. The Morgan fingerprint density at radius 2 is 2.00 bits per heavy atom. The van der Waals surface area contributed by atoms with Crippen LogP contribution in [0.2, 0.25) is 0 Å². The largest absolute Gasteiger partial charge is 0.489 e. The van der Waals surface area contributed by atoms with Crippen molar-refractivity contribution in [2.75, 3.05) is 17.2 Å². The lowest BCUT2D eigenvalue weighted by molar-refractivity contribution is 0.244. The number of anilines is 3. The van der Waals surface area contributed by atoms with Crippen molar-refractivity contribution in [1.82, 2.24) is 9.97 Å². The van der Waals surface area contributed by atoms with E-state index in [4.69, 9.17) is 4.74 Å². The fourth-order valence-corrected chi connectivity index (χ4v) is 1.81. The SMILES string of the molecule is CCCNc1nccc(Nc2ccccc2OC(C)C)n1. The van der Waals surface area contributed by atoms with Crippen LogP contribution in [0.3, 0.4) is 0 Å². The van der Waals surface area contributed by atoms with Crippen LogP contribution in [0, 0.1) is 0 Å². The summed E-state index contributed by atoms with van der Waals surface area (Å²) in [7, 11) is 0. The van der Waals surface area contributed by atoms with Crippen LogP contribution in [0.4, 0.5) is 17.5 Å². The molecule has 0 saturated carbocycles. The van der Waals surface area contributed by atoms with Gasteiger partial charge >= 0.3 is 0 Å².